The molecule has 5 heteroatoms. The molecule has 0 heterocycles. The molecule has 0 amide bonds. The Kier molecular flexibility index (Phi) is 5.04. The zero-order valence-corrected chi connectivity index (χ0v) is 11.4. The van der Waals surface area contributed by atoms with Crippen LogP contribution in [-0.2, 0) is 9.84 Å². The minimum atomic E-state index is -3.53. The fourth-order valence-electron chi connectivity index (χ4n) is 1.53. The summed E-state index contributed by atoms with van der Waals surface area (Å²) < 4.78 is 36.5. The zero-order valence-electron chi connectivity index (χ0n) is 10.6. The van der Waals surface area contributed by atoms with Crippen LogP contribution in [0.2, 0.25) is 0 Å². The second kappa shape index (κ2) is 6.11. The van der Waals surface area contributed by atoms with Crippen LogP contribution in [0.25, 0.3) is 0 Å². The lowest BCUT2D eigenvalue weighted by Gasteiger charge is -2.09. The van der Waals surface area contributed by atoms with Crippen LogP contribution in [-0.4, -0.2) is 20.7 Å². The fourth-order valence-corrected chi connectivity index (χ4v) is 2.97. The summed E-state index contributed by atoms with van der Waals surface area (Å²) in [6.45, 7) is 3.87. The van der Waals surface area contributed by atoms with Gasteiger partial charge in [0.05, 0.1) is 17.0 Å². The van der Waals surface area contributed by atoms with Crippen molar-refractivity contribution in [1.29, 1.82) is 0 Å². The number of benzene rings is 1. The lowest BCUT2D eigenvalue weighted by molar-refractivity contribution is 0.596. The molecule has 1 aromatic rings. The molecule has 0 saturated carbocycles. The van der Waals surface area contributed by atoms with Crippen LogP contribution in [0, 0.1) is 0 Å². The molecule has 18 heavy (non-hydrogen) atoms. The first kappa shape index (κ1) is 14.9. The highest BCUT2D eigenvalue weighted by Crippen LogP contribution is 2.20. The van der Waals surface area contributed by atoms with Crippen molar-refractivity contribution < 1.29 is 12.8 Å². The van der Waals surface area contributed by atoms with Gasteiger partial charge < -0.3 is 5.73 Å². The minimum absolute atomic E-state index is 0.0740. The molecule has 100 valence electrons. The lowest BCUT2D eigenvalue weighted by Crippen LogP contribution is -2.15. The van der Waals surface area contributed by atoms with E-state index < -0.39 is 9.84 Å². The minimum Gasteiger partial charge on any atom is -0.327 e. The molecule has 0 atom stereocenters. The molecule has 1 rings (SSSR count). The number of hydrogen-bond donors (Lipinski definition) is 1. The Hall–Kier alpha value is -1.20. The van der Waals surface area contributed by atoms with Crippen LogP contribution in [0.3, 0.4) is 0 Å². The number of nitrogens with two attached hydrogens (primary N) is 1. The molecule has 1 aromatic carbocycles. The maximum Gasteiger partial charge on any atom is 0.182 e. The second-order valence-electron chi connectivity index (χ2n) is 4.46. The average molecular weight is 271 g/mol. The van der Waals surface area contributed by atoms with Crippen molar-refractivity contribution >= 4 is 9.84 Å². The van der Waals surface area contributed by atoms with Crippen molar-refractivity contribution in [3.05, 3.63) is 41.7 Å². The van der Waals surface area contributed by atoms with Gasteiger partial charge in [-0.3, -0.25) is 0 Å². The first-order valence-electron chi connectivity index (χ1n) is 5.71. The third kappa shape index (κ3) is 3.65. The molecule has 2 N–H and O–H groups in total. The first-order chi connectivity index (χ1) is 8.40. The van der Waals surface area contributed by atoms with Gasteiger partial charge in [0.25, 0.3) is 0 Å². The van der Waals surface area contributed by atoms with Crippen LogP contribution in [0.1, 0.15) is 25.3 Å². The van der Waals surface area contributed by atoms with Crippen LogP contribution in [0.15, 0.2) is 41.1 Å². The van der Waals surface area contributed by atoms with Gasteiger partial charge in [-0.05, 0) is 29.2 Å². The predicted octanol–water partition coefficient (Wildman–Crippen LogP) is 2.40. The highest BCUT2D eigenvalue weighted by molar-refractivity contribution is 7.91. The van der Waals surface area contributed by atoms with E-state index in [-0.39, 0.29) is 35.0 Å². The van der Waals surface area contributed by atoms with Gasteiger partial charge in [-0.1, -0.05) is 26.0 Å². The summed E-state index contributed by atoms with van der Waals surface area (Å²) >= 11 is 0. The second-order valence-corrected chi connectivity index (χ2v) is 6.45. The van der Waals surface area contributed by atoms with E-state index in [0.717, 1.165) is 5.56 Å². The summed E-state index contributed by atoms with van der Waals surface area (Å²) in [5, 5.41) is 0. The van der Waals surface area contributed by atoms with Crippen LogP contribution < -0.4 is 5.73 Å². The number of sulfone groups is 1. The topological polar surface area (TPSA) is 60.2 Å². The van der Waals surface area contributed by atoms with E-state index in [2.05, 4.69) is 0 Å². The van der Waals surface area contributed by atoms with Crippen molar-refractivity contribution in [1.82, 2.24) is 0 Å². The molecule has 0 spiro atoms. The number of rotatable bonds is 5. The molecule has 0 aliphatic carbocycles. The predicted molar refractivity (Wildman–Crippen MR) is 70.8 cm³/mol. The number of halogens is 1. The molecule has 0 fully saturated rings. The summed E-state index contributed by atoms with van der Waals surface area (Å²) in [4.78, 5) is 0.210. The molecular formula is C13H18FNO2S. The summed E-state index contributed by atoms with van der Waals surface area (Å²) in [6, 6.07) is 6.72. The van der Waals surface area contributed by atoms with Crippen molar-refractivity contribution in [2.45, 2.75) is 24.7 Å². The molecule has 0 radical (unpaired) electrons. The van der Waals surface area contributed by atoms with E-state index in [4.69, 9.17) is 5.73 Å². The Labute approximate surface area is 107 Å². The third-order valence-electron chi connectivity index (χ3n) is 2.68. The molecule has 3 nitrogen and oxygen atoms in total. The van der Waals surface area contributed by atoms with Crippen molar-refractivity contribution in [2.75, 3.05) is 12.3 Å². The third-order valence-corrected chi connectivity index (χ3v) is 4.40. The smallest absolute Gasteiger partial charge is 0.182 e. The van der Waals surface area contributed by atoms with Crippen molar-refractivity contribution in [3.8, 4) is 0 Å². The van der Waals surface area contributed by atoms with Crippen LogP contribution in [0.4, 0.5) is 4.39 Å². The van der Waals surface area contributed by atoms with Gasteiger partial charge in [-0.25, -0.2) is 12.8 Å². The first-order valence-corrected chi connectivity index (χ1v) is 7.37. The number of hydrogen-bond acceptors (Lipinski definition) is 3. The summed E-state index contributed by atoms with van der Waals surface area (Å²) in [5.41, 5.74) is 6.29. The van der Waals surface area contributed by atoms with E-state index >= 15 is 0 Å². The molecular weight excluding hydrogens is 253 g/mol. The zero-order chi connectivity index (χ0) is 13.8. The van der Waals surface area contributed by atoms with E-state index in [9.17, 15) is 12.8 Å². The van der Waals surface area contributed by atoms with Gasteiger partial charge in [0.2, 0.25) is 0 Å². The standard InChI is InChI=1S/C13H18FNO2S/c1-10(2)12-4-3-5-13(6-12)18(16,17)9-11(7-14)8-15/h3-7,10H,8-9,15H2,1-2H3/b11-7+. The molecule has 0 aliphatic rings. The average Bonchev–Trinajstić information content (AvgIpc) is 2.36. The highest BCUT2D eigenvalue weighted by Gasteiger charge is 2.17. The highest BCUT2D eigenvalue weighted by atomic mass is 32.2. The monoisotopic (exact) mass is 271 g/mol. The molecule has 0 aromatic heterocycles. The van der Waals surface area contributed by atoms with E-state index in [1.807, 2.05) is 19.9 Å². The summed E-state index contributed by atoms with van der Waals surface area (Å²) in [6.07, 6.45) is 0.268. The molecule has 0 aliphatic heterocycles. The van der Waals surface area contributed by atoms with Gasteiger partial charge in [0.15, 0.2) is 9.84 Å². The van der Waals surface area contributed by atoms with Gasteiger partial charge in [0, 0.05) is 6.54 Å². The largest absolute Gasteiger partial charge is 0.327 e. The maximum atomic E-state index is 12.4. The van der Waals surface area contributed by atoms with Crippen LogP contribution >= 0.6 is 0 Å². The van der Waals surface area contributed by atoms with E-state index in [1.54, 1.807) is 12.1 Å². The Morgan fingerprint density at radius 2 is 2.11 bits per heavy atom. The van der Waals surface area contributed by atoms with Gasteiger partial charge in [-0.2, -0.15) is 0 Å². The quantitative estimate of drug-likeness (QED) is 0.894. The van der Waals surface area contributed by atoms with E-state index in [0.29, 0.717) is 0 Å². The Morgan fingerprint density at radius 3 is 2.61 bits per heavy atom. The molecule has 0 saturated heterocycles. The Bertz CT molecular complexity index is 536. The maximum absolute atomic E-state index is 12.4. The lowest BCUT2D eigenvalue weighted by atomic mass is 10.0. The van der Waals surface area contributed by atoms with Gasteiger partial charge in [0.1, 0.15) is 0 Å². The van der Waals surface area contributed by atoms with Gasteiger partial charge in [-0.15, -0.1) is 0 Å². The van der Waals surface area contributed by atoms with Gasteiger partial charge >= 0.3 is 0 Å². The summed E-state index contributed by atoms with van der Waals surface area (Å²) in [5.74, 6) is -0.132. The summed E-state index contributed by atoms with van der Waals surface area (Å²) in [7, 11) is -3.53. The Balaban J connectivity index is 3.09. The Morgan fingerprint density at radius 1 is 1.44 bits per heavy atom. The van der Waals surface area contributed by atoms with Crippen LogP contribution in [0.5, 0.6) is 0 Å². The molecule has 0 bridgehead atoms. The molecule has 0 unspecified atom stereocenters. The van der Waals surface area contributed by atoms with Crippen molar-refractivity contribution in [3.63, 3.8) is 0 Å². The van der Waals surface area contributed by atoms with E-state index in [1.165, 1.54) is 6.07 Å². The van der Waals surface area contributed by atoms with Crippen molar-refractivity contribution in [2.24, 2.45) is 5.73 Å². The fraction of sp³-hybridized carbons (Fsp3) is 0.385. The normalized spacial score (nSPS) is 13.1. The SMILES string of the molecule is CC(C)c1cccc(S(=O)(=O)C/C(=C/F)CN)c1.